The first-order chi connectivity index (χ1) is 7.89. The first-order valence-corrected chi connectivity index (χ1v) is 4.12. The van der Waals surface area contributed by atoms with Crippen molar-refractivity contribution in [2.24, 2.45) is 0 Å². The quantitative estimate of drug-likeness (QED) is 0.741. The molecule has 0 aliphatic rings. The third-order valence-corrected chi connectivity index (χ3v) is 1.63. The highest BCUT2D eigenvalue weighted by Gasteiger charge is 2.33. The number of carbonyl (C=O) groups excluding carboxylic acids is 1. The average molecular weight is 246 g/mol. The standard InChI is InChI=1S/C9H5F3N2O3/c1-16-8(15)7-5(4-13)6(2-3-14-7)17-9(10,11)12/h2-3H,1H3. The lowest BCUT2D eigenvalue weighted by Gasteiger charge is -2.10. The number of pyridine rings is 1. The molecule has 0 N–H and O–H groups in total. The van der Waals surface area contributed by atoms with Gasteiger partial charge in [-0.15, -0.1) is 13.2 Å². The smallest absolute Gasteiger partial charge is 0.464 e. The summed E-state index contributed by atoms with van der Waals surface area (Å²) < 4.78 is 43.9. The molecule has 0 atom stereocenters. The normalized spacial score (nSPS) is 10.5. The molecule has 0 amide bonds. The Morgan fingerprint density at radius 1 is 1.53 bits per heavy atom. The second kappa shape index (κ2) is 4.69. The largest absolute Gasteiger partial charge is 0.573 e. The number of alkyl halides is 3. The number of aromatic nitrogens is 1. The molecule has 5 nitrogen and oxygen atoms in total. The van der Waals surface area contributed by atoms with Crippen LogP contribution < -0.4 is 4.74 Å². The summed E-state index contributed by atoms with van der Waals surface area (Å²) in [5.41, 5.74) is -1.16. The Balaban J connectivity index is 3.25. The van der Waals surface area contributed by atoms with Crippen LogP contribution in [0, 0.1) is 11.3 Å². The van der Waals surface area contributed by atoms with E-state index in [0.717, 1.165) is 19.4 Å². The molecule has 0 saturated heterocycles. The number of hydrogen-bond acceptors (Lipinski definition) is 5. The minimum atomic E-state index is -4.96. The number of methoxy groups -OCH3 is 1. The van der Waals surface area contributed by atoms with Crippen LogP contribution in [0.2, 0.25) is 0 Å². The maximum atomic E-state index is 12.0. The van der Waals surface area contributed by atoms with Crippen molar-refractivity contribution in [2.45, 2.75) is 6.36 Å². The highest BCUT2D eigenvalue weighted by Crippen LogP contribution is 2.27. The molecule has 0 bridgehead atoms. The summed E-state index contributed by atoms with van der Waals surface area (Å²) in [6.07, 6.45) is -4.05. The Kier molecular flexibility index (Phi) is 3.52. The fraction of sp³-hybridized carbons (Fsp3) is 0.222. The van der Waals surface area contributed by atoms with E-state index in [0.29, 0.717) is 0 Å². The second-order valence-electron chi connectivity index (χ2n) is 2.68. The van der Waals surface area contributed by atoms with E-state index in [4.69, 9.17) is 5.26 Å². The van der Waals surface area contributed by atoms with Gasteiger partial charge in [0.15, 0.2) is 11.4 Å². The molecule has 8 heteroatoms. The SMILES string of the molecule is COC(=O)c1nccc(OC(F)(F)F)c1C#N. The lowest BCUT2D eigenvalue weighted by atomic mass is 10.2. The van der Waals surface area contributed by atoms with E-state index in [1.807, 2.05) is 0 Å². The van der Waals surface area contributed by atoms with Gasteiger partial charge in [0.05, 0.1) is 7.11 Å². The van der Waals surface area contributed by atoms with Crippen LogP contribution in [0.4, 0.5) is 13.2 Å². The number of rotatable bonds is 2. The van der Waals surface area contributed by atoms with Crippen LogP contribution in [-0.4, -0.2) is 24.4 Å². The Bertz CT molecular complexity index is 479. The molecule has 1 aromatic rings. The van der Waals surface area contributed by atoms with E-state index in [9.17, 15) is 18.0 Å². The zero-order valence-electron chi connectivity index (χ0n) is 8.41. The van der Waals surface area contributed by atoms with E-state index in [-0.39, 0.29) is 0 Å². The zero-order chi connectivity index (χ0) is 13.1. The highest BCUT2D eigenvalue weighted by molar-refractivity contribution is 5.90. The number of halogens is 3. The van der Waals surface area contributed by atoms with E-state index >= 15 is 0 Å². The fourth-order valence-electron chi connectivity index (χ4n) is 1.01. The molecule has 1 aromatic heterocycles. The number of esters is 1. The Hall–Kier alpha value is -2.30. The molecule has 1 heterocycles. The summed E-state index contributed by atoms with van der Waals surface area (Å²) in [5.74, 6) is -1.82. The van der Waals surface area contributed by atoms with Gasteiger partial charge in [0, 0.05) is 12.3 Å². The van der Waals surface area contributed by atoms with Crippen LogP contribution in [0.5, 0.6) is 5.75 Å². The van der Waals surface area contributed by atoms with Crippen LogP contribution >= 0.6 is 0 Å². The molecular weight excluding hydrogens is 241 g/mol. The van der Waals surface area contributed by atoms with Gasteiger partial charge in [-0.1, -0.05) is 0 Å². The first kappa shape index (κ1) is 12.8. The average Bonchev–Trinajstić information content (AvgIpc) is 2.25. The number of nitriles is 1. The molecule has 90 valence electrons. The molecule has 1 rings (SSSR count). The van der Waals surface area contributed by atoms with Crippen molar-refractivity contribution in [1.29, 1.82) is 5.26 Å². The minimum absolute atomic E-state index is 0.531. The van der Waals surface area contributed by atoms with Crippen LogP contribution in [0.15, 0.2) is 12.3 Å². The minimum Gasteiger partial charge on any atom is -0.464 e. The highest BCUT2D eigenvalue weighted by atomic mass is 19.4. The van der Waals surface area contributed by atoms with E-state index in [2.05, 4.69) is 14.5 Å². The monoisotopic (exact) mass is 246 g/mol. The number of ether oxygens (including phenoxy) is 2. The third kappa shape index (κ3) is 3.07. The van der Waals surface area contributed by atoms with Crippen molar-refractivity contribution < 1.29 is 27.4 Å². The van der Waals surface area contributed by atoms with Gasteiger partial charge in [-0.25, -0.2) is 9.78 Å². The van der Waals surface area contributed by atoms with Gasteiger partial charge in [-0.05, 0) is 0 Å². The fourth-order valence-corrected chi connectivity index (χ4v) is 1.01. The Morgan fingerprint density at radius 2 is 2.18 bits per heavy atom. The molecule has 0 fully saturated rings. The van der Waals surface area contributed by atoms with Gasteiger partial charge < -0.3 is 9.47 Å². The van der Waals surface area contributed by atoms with Gasteiger partial charge in [0.1, 0.15) is 11.6 Å². The summed E-state index contributed by atoms with van der Waals surface area (Å²) in [5, 5.41) is 8.70. The molecule has 0 aliphatic carbocycles. The molecule has 0 unspecified atom stereocenters. The first-order valence-electron chi connectivity index (χ1n) is 4.12. The van der Waals surface area contributed by atoms with Crippen LogP contribution in [-0.2, 0) is 4.74 Å². The van der Waals surface area contributed by atoms with Gasteiger partial charge in [0.2, 0.25) is 0 Å². The van der Waals surface area contributed by atoms with Crippen molar-refractivity contribution in [2.75, 3.05) is 7.11 Å². The van der Waals surface area contributed by atoms with Crippen molar-refractivity contribution in [3.05, 3.63) is 23.5 Å². The number of nitrogens with zero attached hydrogens (tertiary/aromatic N) is 2. The van der Waals surface area contributed by atoms with Crippen molar-refractivity contribution >= 4 is 5.97 Å². The van der Waals surface area contributed by atoms with E-state index in [1.54, 1.807) is 0 Å². The molecule has 0 radical (unpaired) electrons. The van der Waals surface area contributed by atoms with Gasteiger partial charge in [-0.2, -0.15) is 5.26 Å². The molecule has 0 aliphatic heterocycles. The van der Waals surface area contributed by atoms with Crippen LogP contribution in [0.1, 0.15) is 16.1 Å². The lowest BCUT2D eigenvalue weighted by molar-refractivity contribution is -0.274. The molecule has 0 saturated carbocycles. The van der Waals surface area contributed by atoms with E-state index in [1.165, 1.54) is 6.07 Å². The summed E-state index contributed by atoms with van der Waals surface area (Å²) in [6.45, 7) is 0. The summed E-state index contributed by atoms with van der Waals surface area (Å²) in [7, 11) is 1.02. The predicted octanol–water partition coefficient (Wildman–Crippen LogP) is 1.64. The second-order valence-corrected chi connectivity index (χ2v) is 2.68. The molecule has 0 aromatic carbocycles. The Morgan fingerprint density at radius 3 is 2.65 bits per heavy atom. The number of hydrogen-bond donors (Lipinski definition) is 0. The van der Waals surface area contributed by atoms with Crippen LogP contribution in [0.3, 0.4) is 0 Å². The van der Waals surface area contributed by atoms with Crippen molar-refractivity contribution in [3.63, 3.8) is 0 Å². The maximum Gasteiger partial charge on any atom is 0.573 e. The zero-order valence-corrected chi connectivity index (χ0v) is 8.41. The van der Waals surface area contributed by atoms with Crippen LogP contribution in [0.25, 0.3) is 0 Å². The Labute approximate surface area is 93.4 Å². The van der Waals surface area contributed by atoms with Crippen molar-refractivity contribution in [1.82, 2.24) is 4.98 Å². The number of carbonyl (C=O) groups is 1. The lowest BCUT2D eigenvalue weighted by Crippen LogP contribution is -2.19. The van der Waals surface area contributed by atoms with Gasteiger partial charge in [-0.3, -0.25) is 0 Å². The topological polar surface area (TPSA) is 72.2 Å². The summed E-state index contributed by atoms with van der Waals surface area (Å²) in [4.78, 5) is 14.6. The summed E-state index contributed by atoms with van der Waals surface area (Å²) >= 11 is 0. The summed E-state index contributed by atoms with van der Waals surface area (Å²) in [6, 6.07) is 2.25. The van der Waals surface area contributed by atoms with Gasteiger partial charge in [0.25, 0.3) is 0 Å². The van der Waals surface area contributed by atoms with Gasteiger partial charge >= 0.3 is 12.3 Å². The van der Waals surface area contributed by atoms with E-state index < -0.39 is 29.3 Å². The maximum absolute atomic E-state index is 12.0. The molecule has 0 spiro atoms. The van der Waals surface area contributed by atoms with Crippen molar-refractivity contribution in [3.8, 4) is 11.8 Å². The predicted molar refractivity (Wildman–Crippen MR) is 47.0 cm³/mol. The molecule has 17 heavy (non-hydrogen) atoms. The third-order valence-electron chi connectivity index (χ3n) is 1.63. The molecular formula is C9H5F3N2O3.